The van der Waals surface area contributed by atoms with E-state index in [1.165, 1.54) is 29.3 Å². The van der Waals surface area contributed by atoms with Crippen LogP contribution in [0.3, 0.4) is 0 Å². The Bertz CT molecular complexity index is 1290. The first kappa shape index (κ1) is 23.8. The van der Waals surface area contributed by atoms with Gasteiger partial charge in [0.05, 0.1) is 0 Å². The van der Waals surface area contributed by atoms with Gasteiger partial charge in [-0.3, -0.25) is 9.59 Å². The minimum Gasteiger partial charge on any atom is -0.493 e. The van der Waals surface area contributed by atoms with Crippen molar-refractivity contribution in [3.05, 3.63) is 101 Å². The standard InChI is InChI=1S/C24H22ClN7O3/c25-19-8-4-7-17(11-19)13-21(32-15-27-30-31-32)29-24(35)20(12-16-5-2-1-3-6-16)28-23(34)18-9-10-26-22(33)14-18/h1-11,14-15,20-21H,12-13H2,(H,26,33)(H,28,34)(H,29,35). The molecule has 0 saturated carbocycles. The molecule has 3 N–H and O–H groups in total. The zero-order chi connectivity index (χ0) is 24.6. The Kier molecular flexibility index (Phi) is 7.63. The lowest BCUT2D eigenvalue weighted by molar-refractivity contribution is -0.124. The van der Waals surface area contributed by atoms with E-state index >= 15 is 0 Å². The molecule has 0 bridgehead atoms. The van der Waals surface area contributed by atoms with Gasteiger partial charge in [0.15, 0.2) is 0 Å². The third kappa shape index (κ3) is 6.61. The number of carbonyl (C=O) groups excluding carboxylic acids is 2. The molecule has 0 radical (unpaired) electrons. The minimum absolute atomic E-state index is 0.180. The summed E-state index contributed by atoms with van der Waals surface area (Å²) in [4.78, 5) is 30.0. The Balaban J connectivity index is 1.56. The monoisotopic (exact) mass is 491 g/mol. The topological polar surface area (TPSA) is 135 Å². The molecule has 0 aliphatic carbocycles. The first-order valence-corrected chi connectivity index (χ1v) is 11.1. The number of amides is 2. The normalized spacial score (nSPS) is 12.5. The van der Waals surface area contributed by atoms with E-state index in [-0.39, 0.29) is 17.9 Å². The van der Waals surface area contributed by atoms with Crippen molar-refractivity contribution in [2.75, 3.05) is 0 Å². The van der Waals surface area contributed by atoms with E-state index in [4.69, 9.17) is 11.6 Å². The summed E-state index contributed by atoms with van der Waals surface area (Å²) >= 11 is 6.12. The summed E-state index contributed by atoms with van der Waals surface area (Å²) in [6.45, 7) is 0. The van der Waals surface area contributed by atoms with Gasteiger partial charge in [-0.15, -0.1) is 5.10 Å². The van der Waals surface area contributed by atoms with Crippen LogP contribution in [-0.4, -0.2) is 48.2 Å². The van der Waals surface area contributed by atoms with Crippen LogP contribution < -0.4 is 10.6 Å². The van der Waals surface area contributed by atoms with Crippen LogP contribution in [0.4, 0.5) is 0 Å². The molecule has 10 nitrogen and oxygen atoms in total. The van der Waals surface area contributed by atoms with Gasteiger partial charge in [0.1, 0.15) is 18.5 Å². The molecule has 35 heavy (non-hydrogen) atoms. The predicted molar refractivity (Wildman–Crippen MR) is 127 cm³/mol. The predicted octanol–water partition coefficient (Wildman–Crippen LogP) is 2.33. The largest absolute Gasteiger partial charge is 0.493 e. The van der Waals surface area contributed by atoms with Crippen molar-refractivity contribution in [1.29, 1.82) is 0 Å². The summed E-state index contributed by atoms with van der Waals surface area (Å²) in [5, 5.41) is 27.2. The van der Waals surface area contributed by atoms with Crippen molar-refractivity contribution < 1.29 is 14.7 Å². The van der Waals surface area contributed by atoms with E-state index in [1.807, 2.05) is 42.5 Å². The number of hydrogen-bond acceptors (Lipinski definition) is 7. The summed E-state index contributed by atoms with van der Waals surface area (Å²) in [5.41, 5.74) is 1.91. The molecule has 0 saturated heterocycles. The van der Waals surface area contributed by atoms with Crippen LogP contribution in [-0.2, 0) is 17.6 Å². The van der Waals surface area contributed by atoms with Crippen LogP contribution in [0.2, 0.25) is 5.02 Å². The highest BCUT2D eigenvalue weighted by molar-refractivity contribution is 6.30. The SMILES string of the molecule is O=C(NC(Cc1ccccc1)C(=O)NC(Cc1cccc(Cl)c1)n1cnnn1)c1ccnc(O)c1. The van der Waals surface area contributed by atoms with Gasteiger partial charge in [-0.05, 0) is 39.8 Å². The van der Waals surface area contributed by atoms with Crippen LogP contribution in [0.1, 0.15) is 27.7 Å². The first-order chi connectivity index (χ1) is 17.0. The number of tetrazole rings is 1. The Morgan fingerprint density at radius 2 is 1.77 bits per heavy atom. The van der Waals surface area contributed by atoms with Crippen molar-refractivity contribution in [2.45, 2.75) is 25.0 Å². The van der Waals surface area contributed by atoms with E-state index in [1.54, 1.807) is 12.1 Å². The maximum absolute atomic E-state index is 13.4. The zero-order valence-corrected chi connectivity index (χ0v) is 19.2. The molecule has 4 aromatic rings. The lowest BCUT2D eigenvalue weighted by Crippen LogP contribution is -2.50. The molecule has 2 heterocycles. The van der Waals surface area contributed by atoms with Crippen molar-refractivity contribution in [3.8, 4) is 5.88 Å². The highest BCUT2D eigenvalue weighted by Gasteiger charge is 2.26. The Hall–Kier alpha value is -4.31. The van der Waals surface area contributed by atoms with Crippen molar-refractivity contribution in [3.63, 3.8) is 0 Å². The number of halogens is 1. The number of benzene rings is 2. The van der Waals surface area contributed by atoms with Gasteiger partial charge in [-0.2, -0.15) is 0 Å². The Morgan fingerprint density at radius 3 is 2.49 bits per heavy atom. The van der Waals surface area contributed by atoms with E-state index in [9.17, 15) is 14.7 Å². The molecule has 11 heteroatoms. The van der Waals surface area contributed by atoms with Crippen LogP contribution >= 0.6 is 11.6 Å². The summed E-state index contributed by atoms with van der Waals surface area (Å²) in [6.07, 6.45) is 2.70. The number of nitrogens with one attached hydrogen (secondary N) is 2. The van der Waals surface area contributed by atoms with Crippen molar-refractivity contribution in [1.82, 2.24) is 35.8 Å². The van der Waals surface area contributed by atoms with E-state index in [0.29, 0.717) is 11.4 Å². The van der Waals surface area contributed by atoms with Gasteiger partial charge in [0.25, 0.3) is 5.91 Å². The zero-order valence-electron chi connectivity index (χ0n) is 18.5. The maximum Gasteiger partial charge on any atom is 0.252 e. The molecule has 0 aliphatic rings. The number of nitrogens with zero attached hydrogens (tertiary/aromatic N) is 5. The summed E-state index contributed by atoms with van der Waals surface area (Å²) < 4.78 is 1.43. The van der Waals surface area contributed by atoms with Crippen molar-refractivity contribution >= 4 is 23.4 Å². The Morgan fingerprint density at radius 1 is 0.971 bits per heavy atom. The van der Waals surface area contributed by atoms with Crippen LogP contribution in [0, 0.1) is 0 Å². The third-order valence-electron chi connectivity index (χ3n) is 5.22. The maximum atomic E-state index is 13.4. The highest BCUT2D eigenvalue weighted by atomic mass is 35.5. The number of hydrogen-bond donors (Lipinski definition) is 3. The second-order valence-corrected chi connectivity index (χ2v) is 8.20. The highest BCUT2D eigenvalue weighted by Crippen LogP contribution is 2.16. The lowest BCUT2D eigenvalue weighted by atomic mass is 10.0. The Labute approximate surface area is 206 Å². The van der Waals surface area contributed by atoms with Gasteiger partial charge >= 0.3 is 0 Å². The van der Waals surface area contributed by atoms with Crippen LogP contribution in [0.15, 0.2) is 79.3 Å². The average molecular weight is 492 g/mol. The fraction of sp³-hybridized carbons (Fsp3) is 0.167. The van der Waals surface area contributed by atoms with Gasteiger partial charge in [-0.1, -0.05) is 54.1 Å². The molecular formula is C24H22ClN7O3. The van der Waals surface area contributed by atoms with E-state index in [2.05, 4.69) is 31.1 Å². The van der Waals surface area contributed by atoms with Gasteiger partial charge in [-0.25, -0.2) is 9.67 Å². The van der Waals surface area contributed by atoms with Crippen LogP contribution in [0.25, 0.3) is 0 Å². The summed E-state index contributed by atoms with van der Waals surface area (Å²) in [7, 11) is 0. The summed E-state index contributed by atoms with van der Waals surface area (Å²) in [5.74, 6) is -1.24. The number of aromatic hydroxyl groups is 1. The fourth-order valence-electron chi connectivity index (χ4n) is 3.53. The number of rotatable bonds is 9. The number of pyridine rings is 1. The average Bonchev–Trinajstić information content (AvgIpc) is 3.39. The molecule has 2 aromatic carbocycles. The molecule has 2 amide bonds. The molecule has 2 atom stereocenters. The van der Waals surface area contributed by atoms with E-state index < -0.39 is 24.0 Å². The second kappa shape index (κ2) is 11.2. The molecule has 2 unspecified atom stereocenters. The fourth-order valence-corrected chi connectivity index (χ4v) is 3.75. The smallest absolute Gasteiger partial charge is 0.252 e. The molecule has 0 aliphatic heterocycles. The number of carbonyl (C=O) groups is 2. The summed E-state index contributed by atoms with van der Waals surface area (Å²) in [6, 6.07) is 18.4. The van der Waals surface area contributed by atoms with Gasteiger partial charge in [0, 0.05) is 35.7 Å². The lowest BCUT2D eigenvalue weighted by Gasteiger charge is -2.23. The molecule has 0 spiro atoms. The second-order valence-electron chi connectivity index (χ2n) is 7.77. The molecule has 0 fully saturated rings. The molecule has 2 aromatic heterocycles. The van der Waals surface area contributed by atoms with Crippen molar-refractivity contribution in [2.24, 2.45) is 0 Å². The molecular weight excluding hydrogens is 470 g/mol. The minimum atomic E-state index is -0.918. The van der Waals surface area contributed by atoms with Gasteiger partial charge < -0.3 is 15.7 Å². The first-order valence-electron chi connectivity index (χ1n) is 10.7. The van der Waals surface area contributed by atoms with E-state index in [0.717, 1.165) is 11.1 Å². The number of aromatic nitrogens is 5. The third-order valence-corrected chi connectivity index (χ3v) is 5.46. The molecule has 178 valence electrons. The van der Waals surface area contributed by atoms with Gasteiger partial charge in [0.2, 0.25) is 11.8 Å². The van der Waals surface area contributed by atoms with Crippen LogP contribution in [0.5, 0.6) is 5.88 Å². The molecule has 4 rings (SSSR count). The quantitative estimate of drug-likeness (QED) is 0.327.